The number of nitrogens with one attached hydrogen (secondary N) is 2. The number of nitrogens with zero attached hydrogens (tertiary/aromatic N) is 2. The number of amides is 1. The second-order valence-corrected chi connectivity index (χ2v) is 5.67. The van der Waals surface area contributed by atoms with Crippen molar-refractivity contribution >= 4 is 18.3 Å². The first-order valence-electron chi connectivity index (χ1n) is 7.89. The Bertz CT molecular complexity index is 580. The van der Waals surface area contributed by atoms with Crippen LogP contribution in [0, 0.1) is 0 Å². The smallest absolute Gasteiger partial charge is 0.270 e. The Morgan fingerprint density at radius 2 is 2.13 bits per heavy atom. The predicted molar refractivity (Wildman–Crippen MR) is 92.7 cm³/mol. The second kappa shape index (κ2) is 8.70. The molecule has 1 fully saturated rings. The first-order chi connectivity index (χ1) is 10.8. The lowest BCUT2D eigenvalue weighted by Crippen LogP contribution is -2.40. The predicted octanol–water partition coefficient (Wildman–Crippen LogP) is 2.62. The number of H-pyrrole nitrogens is 1. The number of hydrogen-bond donors (Lipinski definition) is 2. The largest absolute Gasteiger partial charge is 0.357 e. The van der Waals surface area contributed by atoms with Crippen molar-refractivity contribution in [3.05, 3.63) is 54.1 Å². The van der Waals surface area contributed by atoms with Crippen molar-refractivity contribution in [3.63, 3.8) is 0 Å². The molecule has 23 heavy (non-hydrogen) atoms. The van der Waals surface area contributed by atoms with Crippen molar-refractivity contribution in [3.8, 4) is 0 Å². The zero-order chi connectivity index (χ0) is 15.2. The SMILES string of the molecule is Cl.O=C(c1ccc[nH]1)N(Cc1ccccn1)C1CCCNCC1. The Hall–Kier alpha value is -1.85. The third-order valence-corrected chi connectivity index (χ3v) is 4.13. The Morgan fingerprint density at radius 3 is 2.87 bits per heavy atom. The highest BCUT2D eigenvalue weighted by atomic mass is 35.5. The molecule has 6 heteroatoms. The van der Waals surface area contributed by atoms with Gasteiger partial charge < -0.3 is 15.2 Å². The second-order valence-electron chi connectivity index (χ2n) is 5.67. The molecule has 3 rings (SSSR count). The topological polar surface area (TPSA) is 61.0 Å². The fourth-order valence-corrected chi connectivity index (χ4v) is 2.96. The van der Waals surface area contributed by atoms with Crippen molar-refractivity contribution in [1.82, 2.24) is 20.2 Å². The molecule has 1 unspecified atom stereocenters. The van der Waals surface area contributed by atoms with Crippen LogP contribution in [0.15, 0.2) is 42.7 Å². The summed E-state index contributed by atoms with van der Waals surface area (Å²) in [7, 11) is 0. The maximum Gasteiger partial charge on any atom is 0.270 e. The van der Waals surface area contributed by atoms with Gasteiger partial charge in [0.15, 0.2) is 0 Å². The minimum atomic E-state index is 0. The van der Waals surface area contributed by atoms with Gasteiger partial charge in [0.1, 0.15) is 5.69 Å². The molecule has 1 amide bonds. The Labute approximate surface area is 142 Å². The molecule has 0 bridgehead atoms. The molecular formula is C17H23ClN4O. The minimum Gasteiger partial charge on any atom is -0.357 e. The molecule has 2 aromatic rings. The highest BCUT2D eigenvalue weighted by Crippen LogP contribution is 2.18. The lowest BCUT2D eigenvalue weighted by Gasteiger charge is -2.30. The van der Waals surface area contributed by atoms with E-state index in [9.17, 15) is 4.79 Å². The zero-order valence-electron chi connectivity index (χ0n) is 13.1. The average Bonchev–Trinajstić information content (AvgIpc) is 2.96. The van der Waals surface area contributed by atoms with Gasteiger partial charge >= 0.3 is 0 Å². The van der Waals surface area contributed by atoms with E-state index in [1.807, 2.05) is 35.2 Å². The molecule has 0 aliphatic carbocycles. The van der Waals surface area contributed by atoms with Crippen molar-refractivity contribution in [2.24, 2.45) is 0 Å². The highest BCUT2D eigenvalue weighted by molar-refractivity contribution is 5.92. The van der Waals surface area contributed by atoms with Crippen molar-refractivity contribution in [1.29, 1.82) is 0 Å². The Kier molecular flexibility index (Phi) is 6.62. The average molecular weight is 335 g/mol. The van der Waals surface area contributed by atoms with E-state index >= 15 is 0 Å². The fraction of sp³-hybridized carbons (Fsp3) is 0.412. The number of carbonyl (C=O) groups excluding carboxylic acids is 1. The molecule has 1 aliphatic heterocycles. The van der Waals surface area contributed by atoms with Crippen LogP contribution in [0.3, 0.4) is 0 Å². The van der Waals surface area contributed by atoms with Gasteiger partial charge in [-0.25, -0.2) is 0 Å². The van der Waals surface area contributed by atoms with Crippen molar-refractivity contribution in [2.75, 3.05) is 13.1 Å². The summed E-state index contributed by atoms with van der Waals surface area (Å²) in [5.74, 6) is 0.0579. The molecule has 2 aromatic heterocycles. The number of aromatic nitrogens is 2. The van der Waals surface area contributed by atoms with E-state index in [0.29, 0.717) is 12.2 Å². The van der Waals surface area contributed by atoms with Crippen LogP contribution in [0.4, 0.5) is 0 Å². The summed E-state index contributed by atoms with van der Waals surface area (Å²) in [5.41, 5.74) is 1.58. The summed E-state index contributed by atoms with van der Waals surface area (Å²) in [6, 6.07) is 9.80. The van der Waals surface area contributed by atoms with Crippen LogP contribution < -0.4 is 5.32 Å². The number of hydrogen-bond acceptors (Lipinski definition) is 3. The quantitative estimate of drug-likeness (QED) is 0.903. The van der Waals surface area contributed by atoms with Crippen LogP contribution in [0.1, 0.15) is 35.4 Å². The molecule has 0 radical (unpaired) electrons. The molecule has 124 valence electrons. The van der Waals surface area contributed by atoms with Crippen LogP contribution in [0.5, 0.6) is 0 Å². The normalized spacial score (nSPS) is 17.8. The summed E-state index contributed by atoms with van der Waals surface area (Å²) in [4.78, 5) is 22.3. The van der Waals surface area contributed by atoms with Gasteiger partial charge in [0.2, 0.25) is 0 Å². The number of aromatic amines is 1. The lowest BCUT2D eigenvalue weighted by atomic mass is 10.1. The maximum atomic E-state index is 12.9. The first kappa shape index (κ1) is 17.5. The Morgan fingerprint density at radius 1 is 1.22 bits per heavy atom. The van der Waals surface area contributed by atoms with E-state index in [0.717, 1.165) is 38.0 Å². The van der Waals surface area contributed by atoms with E-state index in [1.165, 1.54) is 0 Å². The molecule has 0 saturated carbocycles. The van der Waals surface area contributed by atoms with E-state index in [1.54, 1.807) is 12.4 Å². The third kappa shape index (κ3) is 4.56. The van der Waals surface area contributed by atoms with E-state index in [2.05, 4.69) is 15.3 Å². The van der Waals surface area contributed by atoms with E-state index in [4.69, 9.17) is 0 Å². The summed E-state index contributed by atoms with van der Waals surface area (Å²) in [6.07, 6.45) is 6.69. The van der Waals surface area contributed by atoms with Gasteiger partial charge in [0.25, 0.3) is 5.91 Å². The standard InChI is InChI=1S/C17H22N4O.ClH/c22-17(16-7-4-11-20-16)21(13-14-5-1-2-10-19-14)15-6-3-9-18-12-8-15;/h1-2,4-5,7,10-11,15,18,20H,3,6,8-9,12-13H2;1H. The van der Waals surface area contributed by atoms with Crippen LogP contribution >= 0.6 is 12.4 Å². The molecule has 1 atom stereocenters. The minimum absolute atomic E-state index is 0. The molecule has 0 aromatic carbocycles. The van der Waals surface area contributed by atoms with E-state index in [-0.39, 0.29) is 24.4 Å². The molecule has 0 spiro atoms. The molecule has 2 N–H and O–H groups in total. The fourth-order valence-electron chi connectivity index (χ4n) is 2.96. The van der Waals surface area contributed by atoms with Crippen LogP contribution in [-0.2, 0) is 6.54 Å². The summed E-state index contributed by atoms with van der Waals surface area (Å²) in [5, 5.41) is 3.41. The maximum absolute atomic E-state index is 12.9. The molecule has 5 nitrogen and oxygen atoms in total. The summed E-state index contributed by atoms with van der Waals surface area (Å²) >= 11 is 0. The molecule has 1 saturated heterocycles. The lowest BCUT2D eigenvalue weighted by molar-refractivity contribution is 0.0637. The van der Waals surface area contributed by atoms with Gasteiger partial charge in [-0.3, -0.25) is 9.78 Å². The molecular weight excluding hydrogens is 312 g/mol. The number of carbonyl (C=O) groups is 1. The Balaban J connectivity index is 0.00000192. The number of rotatable bonds is 4. The van der Waals surface area contributed by atoms with Gasteiger partial charge in [0.05, 0.1) is 12.2 Å². The van der Waals surface area contributed by atoms with Crippen LogP contribution in [0.2, 0.25) is 0 Å². The third-order valence-electron chi connectivity index (χ3n) is 4.13. The van der Waals surface area contributed by atoms with Gasteiger partial charge in [-0.05, 0) is 56.6 Å². The van der Waals surface area contributed by atoms with Gasteiger partial charge in [-0.1, -0.05) is 6.07 Å². The number of pyridine rings is 1. The highest BCUT2D eigenvalue weighted by Gasteiger charge is 2.26. The number of halogens is 1. The van der Waals surface area contributed by atoms with Gasteiger partial charge in [0, 0.05) is 18.4 Å². The van der Waals surface area contributed by atoms with Crippen LogP contribution in [0.25, 0.3) is 0 Å². The molecule has 3 heterocycles. The van der Waals surface area contributed by atoms with Crippen molar-refractivity contribution in [2.45, 2.75) is 31.8 Å². The van der Waals surface area contributed by atoms with Gasteiger partial charge in [-0.15, -0.1) is 12.4 Å². The monoisotopic (exact) mass is 334 g/mol. The van der Waals surface area contributed by atoms with Gasteiger partial charge in [-0.2, -0.15) is 0 Å². The summed E-state index contributed by atoms with van der Waals surface area (Å²) < 4.78 is 0. The van der Waals surface area contributed by atoms with E-state index < -0.39 is 0 Å². The molecule has 1 aliphatic rings. The summed E-state index contributed by atoms with van der Waals surface area (Å²) in [6.45, 7) is 2.55. The van der Waals surface area contributed by atoms with Crippen LogP contribution in [-0.4, -0.2) is 39.9 Å². The first-order valence-corrected chi connectivity index (χ1v) is 7.89. The van der Waals surface area contributed by atoms with Crippen molar-refractivity contribution < 1.29 is 4.79 Å². The zero-order valence-corrected chi connectivity index (χ0v) is 13.9.